The van der Waals surface area contributed by atoms with Crippen LogP contribution in [0.15, 0.2) is 23.4 Å². The van der Waals surface area contributed by atoms with Gasteiger partial charge in [-0.1, -0.05) is 0 Å². The van der Waals surface area contributed by atoms with Crippen LogP contribution >= 0.6 is 11.8 Å². The molecule has 0 aliphatic carbocycles. The lowest BCUT2D eigenvalue weighted by atomic mass is 9.93. The van der Waals surface area contributed by atoms with Crippen molar-refractivity contribution in [2.24, 2.45) is 17.8 Å². The maximum Gasteiger partial charge on any atom is 0.256 e. The van der Waals surface area contributed by atoms with E-state index in [0.717, 1.165) is 37.5 Å². The Morgan fingerprint density at radius 3 is 2.62 bits per heavy atom. The number of aliphatic hydroxyl groups excluding tert-OH is 2. The summed E-state index contributed by atoms with van der Waals surface area (Å²) in [6.45, 7) is 4.59. The second-order valence-electron chi connectivity index (χ2n) is 7.40. The molecule has 0 unspecified atom stereocenters. The van der Waals surface area contributed by atoms with Crippen molar-refractivity contribution < 1.29 is 15.0 Å². The van der Waals surface area contributed by atoms with Crippen LogP contribution in [0.25, 0.3) is 0 Å². The van der Waals surface area contributed by atoms with Crippen molar-refractivity contribution in [2.75, 3.05) is 52.2 Å². The number of nitrogens with zero attached hydrogens (tertiary/aromatic N) is 3. The first-order valence-corrected chi connectivity index (χ1v) is 10.6. The number of aliphatic hydroxyl groups is 2. The van der Waals surface area contributed by atoms with Crippen molar-refractivity contribution in [1.82, 2.24) is 14.8 Å². The number of rotatable bonds is 6. The molecule has 1 amide bonds. The van der Waals surface area contributed by atoms with Gasteiger partial charge in [0.15, 0.2) is 0 Å². The van der Waals surface area contributed by atoms with Gasteiger partial charge in [-0.3, -0.25) is 4.79 Å². The predicted octanol–water partition coefficient (Wildman–Crippen LogP) is 1.19. The van der Waals surface area contributed by atoms with E-state index in [1.165, 1.54) is 11.8 Å². The van der Waals surface area contributed by atoms with E-state index in [1.54, 1.807) is 12.3 Å². The smallest absolute Gasteiger partial charge is 0.256 e. The third-order valence-corrected chi connectivity index (χ3v) is 6.46. The molecule has 0 aromatic carbocycles. The number of amides is 1. The van der Waals surface area contributed by atoms with Crippen LogP contribution in [0, 0.1) is 17.8 Å². The van der Waals surface area contributed by atoms with Gasteiger partial charge in [0.05, 0.1) is 5.56 Å². The number of hydrogen-bond acceptors (Lipinski definition) is 6. The number of carbonyl (C=O) groups excluding carboxylic acids is 1. The Labute approximate surface area is 159 Å². The van der Waals surface area contributed by atoms with E-state index < -0.39 is 0 Å². The van der Waals surface area contributed by atoms with Gasteiger partial charge in [0.25, 0.3) is 5.91 Å². The zero-order chi connectivity index (χ0) is 18.5. The lowest BCUT2D eigenvalue weighted by Gasteiger charge is -2.33. The summed E-state index contributed by atoms with van der Waals surface area (Å²) < 4.78 is 0. The molecule has 1 aromatic rings. The lowest BCUT2D eigenvalue weighted by Crippen LogP contribution is -2.40. The van der Waals surface area contributed by atoms with Crippen LogP contribution in [0.3, 0.4) is 0 Å². The summed E-state index contributed by atoms with van der Waals surface area (Å²) in [5.41, 5.74) is 0.654. The molecule has 0 saturated carbocycles. The average molecular weight is 380 g/mol. The highest BCUT2D eigenvalue weighted by atomic mass is 32.2. The highest BCUT2D eigenvalue weighted by molar-refractivity contribution is 7.98. The fourth-order valence-electron chi connectivity index (χ4n) is 4.09. The SMILES string of the molecule is CSc1ncccc1C(=O)N1C[C@@H](CO)[C@@H](CN2CCC(CO)CC2)C1. The van der Waals surface area contributed by atoms with Crippen LogP contribution in [0.5, 0.6) is 0 Å². The topological polar surface area (TPSA) is 76.9 Å². The molecule has 26 heavy (non-hydrogen) atoms. The normalized spacial score (nSPS) is 25.0. The Bertz CT molecular complexity index is 607. The minimum atomic E-state index is 0.0161. The predicted molar refractivity (Wildman–Crippen MR) is 102 cm³/mol. The van der Waals surface area contributed by atoms with E-state index >= 15 is 0 Å². The van der Waals surface area contributed by atoms with Gasteiger partial charge in [-0.05, 0) is 56.2 Å². The largest absolute Gasteiger partial charge is 0.396 e. The third kappa shape index (κ3) is 4.39. The second kappa shape index (κ2) is 9.17. The highest BCUT2D eigenvalue weighted by Crippen LogP contribution is 2.28. The van der Waals surface area contributed by atoms with Crippen LogP contribution in [-0.4, -0.2) is 83.1 Å². The fourth-order valence-corrected chi connectivity index (χ4v) is 4.63. The van der Waals surface area contributed by atoms with Crippen molar-refractivity contribution in [3.63, 3.8) is 0 Å². The van der Waals surface area contributed by atoms with Gasteiger partial charge in [-0.2, -0.15) is 0 Å². The maximum atomic E-state index is 13.0. The molecule has 2 N–H and O–H groups in total. The number of carbonyl (C=O) groups is 1. The number of aromatic nitrogens is 1. The van der Waals surface area contributed by atoms with Crippen LogP contribution in [0.2, 0.25) is 0 Å². The van der Waals surface area contributed by atoms with E-state index in [0.29, 0.717) is 30.5 Å². The lowest BCUT2D eigenvalue weighted by molar-refractivity contribution is 0.0772. The molecule has 3 heterocycles. The summed E-state index contributed by atoms with van der Waals surface area (Å²) in [7, 11) is 0. The van der Waals surface area contributed by atoms with Gasteiger partial charge in [0.2, 0.25) is 0 Å². The second-order valence-corrected chi connectivity index (χ2v) is 8.19. The highest BCUT2D eigenvalue weighted by Gasteiger charge is 2.37. The summed E-state index contributed by atoms with van der Waals surface area (Å²) in [5.74, 6) is 0.868. The molecule has 0 radical (unpaired) electrons. The number of thioether (sulfide) groups is 1. The van der Waals surface area contributed by atoms with E-state index in [-0.39, 0.29) is 25.0 Å². The minimum absolute atomic E-state index is 0.0161. The molecule has 3 rings (SSSR count). The van der Waals surface area contributed by atoms with Gasteiger partial charge in [-0.25, -0.2) is 4.98 Å². The first-order chi connectivity index (χ1) is 12.7. The number of pyridine rings is 1. The zero-order valence-corrected chi connectivity index (χ0v) is 16.2. The molecule has 2 fully saturated rings. The number of piperidine rings is 1. The Morgan fingerprint density at radius 2 is 1.96 bits per heavy atom. The standard InChI is InChI=1S/C19H29N3O3S/c1-26-18-17(3-2-6-20-18)19(25)22-10-15(16(11-22)13-24)9-21-7-4-14(12-23)5-8-21/h2-3,6,14-16,23-24H,4-5,7-13H2,1H3/t15-,16-/m0/s1. The Hall–Kier alpha value is -1.15. The van der Waals surface area contributed by atoms with Crippen LogP contribution < -0.4 is 0 Å². The molecular weight excluding hydrogens is 350 g/mol. The molecule has 7 heteroatoms. The number of hydrogen-bond donors (Lipinski definition) is 2. The fraction of sp³-hybridized carbons (Fsp3) is 0.684. The molecule has 0 bridgehead atoms. The molecule has 6 nitrogen and oxygen atoms in total. The molecule has 2 aliphatic rings. The molecule has 2 atom stereocenters. The van der Waals surface area contributed by atoms with E-state index in [1.807, 2.05) is 17.2 Å². The van der Waals surface area contributed by atoms with Crippen LogP contribution in [0.4, 0.5) is 0 Å². The minimum Gasteiger partial charge on any atom is -0.396 e. The molecule has 2 aliphatic heterocycles. The van der Waals surface area contributed by atoms with Gasteiger partial charge >= 0.3 is 0 Å². The van der Waals surface area contributed by atoms with E-state index in [2.05, 4.69) is 9.88 Å². The Balaban J connectivity index is 1.62. The van der Waals surface area contributed by atoms with Crippen LogP contribution in [0.1, 0.15) is 23.2 Å². The molecular formula is C19H29N3O3S. The van der Waals surface area contributed by atoms with Gasteiger partial charge in [0.1, 0.15) is 5.03 Å². The molecule has 2 saturated heterocycles. The van der Waals surface area contributed by atoms with Crippen molar-refractivity contribution in [3.05, 3.63) is 23.9 Å². The van der Waals surface area contributed by atoms with Crippen molar-refractivity contribution in [1.29, 1.82) is 0 Å². The summed E-state index contributed by atoms with van der Waals surface area (Å²) in [6, 6.07) is 3.64. The maximum absolute atomic E-state index is 13.0. The quantitative estimate of drug-likeness (QED) is 0.723. The first-order valence-electron chi connectivity index (χ1n) is 9.38. The summed E-state index contributed by atoms with van der Waals surface area (Å²) in [5, 5.41) is 19.9. The summed E-state index contributed by atoms with van der Waals surface area (Å²) >= 11 is 1.48. The number of likely N-dealkylation sites (tertiary alicyclic amines) is 2. The van der Waals surface area contributed by atoms with Gasteiger partial charge < -0.3 is 20.0 Å². The summed E-state index contributed by atoms with van der Waals surface area (Å²) in [4.78, 5) is 21.6. The van der Waals surface area contributed by atoms with Crippen molar-refractivity contribution in [3.8, 4) is 0 Å². The Morgan fingerprint density at radius 1 is 1.23 bits per heavy atom. The van der Waals surface area contributed by atoms with Crippen LogP contribution in [-0.2, 0) is 0 Å². The summed E-state index contributed by atoms with van der Waals surface area (Å²) in [6.07, 6.45) is 5.70. The van der Waals surface area contributed by atoms with Crippen molar-refractivity contribution in [2.45, 2.75) is 17.9 Å². The first kappa shape index (κ1) is 19.6. The molecule has 1 aromatic heterocycles. The zero-order valence-electron chi connectivity index (χ0n) is 15.4. The molecule has 144 valence electrons. The van der Waals surface area contributed by atoms with Crippen molar-refractivity contribution >= 4 is 17.7 Å². The third-order valence-electron chi connectivity index (χ3n) is 5.75. The van der Waals surface area contributed by atoms with Gasteiger partial charge in [-0.15, -0.1) is 11.8 Å². The van der Waals surface area contributed by atoms with E-state index in [4.69, 9.17) is 0 Å². The van der Waals surface area contributed by atoms with E-state index in [9.17, 15) is 15.0 Å². The monoisotopic (exact) mass is 379 g/mol. The molecule has 0 spiro atoms. The van der Waals surface area contributed by atoms with Gasteiger partial charge in [0, 0.05) is 45.0 Å². The average Bonchev–Trinajstić information content (AvgIpc) is 3.10. The Kier molecular flexibility index (Phi) is 6.92.